The Kier molecular flexibility index (Phi) is 7.89. The van der Waals surface area contributed by atoms with Crippen molar-refractivity contribution in [1.29, 1.82) is 0 Å². The van der Waals surface area contributed by atoms with Crippen LogP contribution < -0.4 is 9.47 Å². The molecule has 0 unspecified atom stereocenters. The van der Waals surface area contributed by atoms with Crippen LogP contribution in [0.1, 0.15) is 63.0 Å². The molecule has 2 rings (SSSR count). The first-order chi connectivity index (χ1) is 14.8. The fourth-order valence-electron chi connectivity index (χ4n) is 2.46. The van der Waals surface area contributed by atoms with Crippen molar-refractivity contribution in [2.24, 2.45) is 0 Å². The first-order valence-corrected chi connectivity index (χ1v) is 10.2. The molecule has 1 aromatic carbocycles. The van der Waals surface area contributed by atoms with Gasteiger partial charge in [-0.3, -0.25) is 0 Å². The number of ether oxygens (including phenoxy) is 4. The van der Waals surface area contributed by atoms with E-state index in [1.807, 2.05) is 0 Å². The summed E-state index contributed by atoms with van der Waals surface area (Å²) in [5.74, 6) is -3.45. The summed E-state index contributed by atoms with van der Waals surface area (Å²) in [6.45, 7) is 7.97. The largest absolute Gasteiger partial charge is 0.573 e. The van der Waals surface area contributed by atoms with Crippen molar-refractivity contribution in [1.82, 2.24) is 0 Å². The molecule has 11 heteroatoms. The van der Waals surface area contributed by atoms with Gasteiger partial charge in [0, 0.05) is 5.56 Å². The number of hydrogen-bond donors (Lipinski definition) is 0. The van der Waals surface area contributed by atoms with E-state index in [-0.39, 0.29) is 26.6 Å². The first-order valence-electron chi connectivity index (χ1n) is 9.41. The molecular weight excluding hydrogens is 453 g/mol. The van der Waals surface area contributed by atoms with Gasteiger partial charge < -0.3 is 18.9 Å². The molecule has 0 amide bonds. The molecule has 0 aliphatic rings. The minimum Gasteiger partial charge on any atom is -0.459 e. The van der Waals surface area contributed by atoms with Crippen LogP contribution in [0.5, 0.6) is 11.5 Å². The number of carbonyl (C=O) groups excluding carboxylic acids is 3. The highest BCUT2D eigenvalue weighted by molar-refractivity contribution is 7.16. The maximum Gasteiger partial charge on any atom is 0.573 e. The normalized spacial score (nSPS) is 11.4. The Balaban J connectivity index is 2.41. The Morgan fingerprint density at radius 1 is 0.906 bits per heavy atom. The lowest BCUT2D eigenvalue weighted by atomic mass is 10.2. The number of alkyl halides is 3. The SMILES string of the molecule is Cc1c(C(=O)OC(C)C)sc(C(=O)OC(C)C)c1OC(=O)c1cccc(OC(F)(F)F)c1. The topological polar surface area (TPSA) is 88.1 Å². The molecule has 0 aliphatic heterocycles. The monoisotopic (exact) mass is 474 g/mol. The standard InChI is InChI=1S/C21H21F3O7S/c1-10(2)28-19(26)16-12(5)15(17(32-16)20(27)29-11(3)4)30-18(25)13-7-6-8-14(9-13)31-21(22,23)24/h6-11H,1-5H3. The van der Waals surface area contributed by atoms with Crippen LogP contribution in [0, 0.1) is 6.92 Å². The average molecular weight is 474 g/mol. The van der Waals surface area contributed by atoms with Gasteiger partial charge in [-0.25, -0.2) is 14.4 Å². The fourth-order valence-corrected chi connectivity index (χ4v) is 3.46. The predicted molar refractivity (Wildman–Crippen MR) is 108 cm³/mol. The zero-order valence-electron chi connectivity index (χ0n) is 17.9. The van der Waals surface area contributed by atoms with Crippen LogP contribution in [0.4, 0.5) is 13.2 Å². The molecular formula is C21H21F3O7S. The summed E-state index contributed by atoms with van der Waals surface area (Å²) in [5.41, 5.74) is -0.0979. The van der Waals surface area contributed by atoms with Crippen molar-refractivity contribution in [2.75, 3.05) is 0 Å². The van der Waals surface area contributed by atoms with Gasteiger partial charge in [-0.1, -0.05) is 6.07 Å². The molecule has 0 saturated carbocycles. The Bertz CT molecular complexity index is 1010. The van der Waals surface area contributed by atoms with E-state index in [4.69, 9.17) is 14.2 Å². The molecule has 174 valence electrons. The summed E-state index contributed by atoms with van der Waals surface area (Å²) in [4.78, 5) is 37.4. The highest BCUT2D eigenvalue weighted by Gasteiger charge is 2.32. The van der Waals surface area contributed by atoms with Gasteiger partial charge in [-0.05, 0) is 52.8 Å². The predicted octanol–water partition coefficient (Wildman–Crippen LogP) is 5.30. The molecule has 0 atom stereocenters. The van der Waals surface area contributed by atoms with Crippen molar-refractivity contribution < 1.29 is 46.5 Å². The van der Waals surface area contributed by atoms with Crippen molar-refractivity contribution in [3.8, 4) is 11.5 Å². The third-order valence-electron chi connectivity index (χ3n) is 3.65. The average Bonchev–Trinajstić information content (AvgIpc) is 2.96. The third kappa shape index (κ3) is 6.71. The van der Waals surface area contributed by atoms with E-state index >= 15 is 0 Å². The smallest absolute Gasteiger partial charge is 0.459 e. The zero-order valence-corrected chi connectivity index (χ0v) is 18.7. The molecule has 2 aromatic rings. The van der Waals surface area contributed by atoms with Gasteiger partial charge in [0.1, 0.15) is 10.6 Å². The number of halogens is 3. The second kappa shape index (κ2) is 10.0. The van der Waals surface area contributed by atoms with E-state index in [1.165, 1.54) is 19.1 Å². The Morgan fingerprint density at radius 3 is 2.00 bits per heavy atom. The fraction of sp³-hybridized carbons (Fsp3) is 0.381. The maximum atomic E-state index is 12.6. The maximum absolute atomic E-state index is 12.6. The van der Waals surface area contributed by atoms with Crippen LogP contribution in [0.3, 0.4) is 0 Å². The third-order valence-corrected chi connectivity index (χ3v) is 4.88. The van der Waals surface area contributed by atoms with Crippen LogP contribution >= 0.6 is 11.3 Å². The molecule has 0 bridgehead atoms. The second-order valence-electron chi connectivity index (χ2n) is 7.09. The van der Waals surface area contributed by atoms with E-state index in [1.54, 1.807) is 27.7 Å². The molecule has 0 fully saturated rings. The van der Waals surface area contributed by atoms with E-state index in [0.29, 0.717) is 0 Å². The van der Waals surface area contributed by atoms with E-state index in [9.17, 15) is 27.6 Å². The van der Waals surface area contributed by atoms with Gasteiger partial charge in [0.05, 0.1) is 17.8 Å². The number of benzene rings is 1. The number of carbonyl (C=O) groups is 3. The van der Waals surface area contributed by atoms with E-state index < -0.39 is 42.2 Å². The van der Waals surface area contributed by atoms with Gasteiger partial charge >= 0.3 is 24.3 Å². The van der Waals surface area contributed by atoms with Crippen molar-refractivity contribution >= 4 is 29.2 Å². The first kappa shape index (κ1) is 25.2. The minimum absolute atomic E-state index is 0.0337. The van der Waals surface area contributed by atoms with Crippen LogP contribution in [-0.2, 0) is 9.47 Å². The second-order valence-corrected chi connectivity index (χ2v) is 8.11. The highest BCUT2D eigenvalue weighted by atomic mass is 32.1. The number of rotatable bonds is 7. The van der Waals surface area contributed by atoms with Gasteiger partial charge in [-0.2, -0.15) is 0 Å². The lowest BCUT2D eigenvalue weighted by Crippen LogP contribution is -2.18. The lowest BCUT2D eigenvalue weighted by Gasteiger charge is -2.11. The number of thiophene rings is 1. The van der Waals surface area contributed by atoms with Crippen LogP contribution in [0.2, 0.25) is 0 Å². The molecule has 1 heterocycles. The number of esters is 3. The summed E-state index contributed by atoms with van der Waals surface area (Å²) in [6.07, 6.45) is -5.86. The summed E-state index contributed by atoms with van der Waals surface area (Å²) < 4.78 is 56.8. The summed E-state index contributed by atoms with van der Waals surface area (Å²) in [7, 11) is 0. The van der Waals surface area contributed by atoms with Gasteiger partial charge in [-0.15, -0.1) is 24.5 Å². The highest BCUT2D eigenvalue weighted by Crippen LogP contribution is 2.37. The minimum atomic E-state index is -4.94. The quantitative estimate of drug-likeness (QED) is 0.503. The Labute approximate surface area is 186 Å². The molecule has 7 nitrogen and oxygen atoms in total. The Hall–Kier alpha value is -3.08. The molecule has 0 radical (unpaired) electrons. The molecule has 0 aliphatic carbocycles. The van der Waals surface area contributed by atoms with Crippen molar-refractivity contribution in [2.45, 2.75) is 53.2 Å². The number of hydrogen-bond acceptors (Lipinski definition) is 8. The van der Waals surface area contributed by atoms with Crippen molar-refractivity contribution in [3.63, 3.8) is 0 Å². The molecule has 1 aromatic heterocycles. The van der Waals surface area contributed by atoms with Gasteiger partial charge in [0.2, 0.25) is 0 Å². The van der Waals surface area contributed by atoms with Gasteiger partial charge in [0.25, 0.3) is 0 Å². The van der Waals surface area contributed by atoms with Crippen molar-refractivity contribution in [3.05, 3.63) is 45.1 Å². The van der Waals surface area contributed by atoms with Gasteiger partial charge in [0.15, 0.2) is 10.6 Å². The zero-order chi connectivity index (χ0) is 24.2. The van der Waals surface area contributed by atoms with E-state index in [2.05, 4.69) is 4.74 Å². The summed E-state index contributed by atoms with van der Waals surface area (Å²) >= 11 is 0.735. The van der Waals surface area contributed by atoms with Crippen LogP contribution in [0.25, 0.3) is 0 Å². The summed E-state index contributed by atoms with van der Waals surface area (Å²) in [6, 6.07) is 4.26. The molecule has 32 heavy (non-hydrogen) atoms. The van der Waals surface area contributed by atoms with E-state index in [0.717, 1.165) is 23.5 Å². The van der Waals surface area contributed by atoms with Crippen LogP contribution in [0.15, 0.2) is 24.3 Å². The van der Waals surface area contributed by atoms with Crippen LogP contribution in [-0.4, -0.2) is 36.5 Å². The molecule has 0 N–H and O–H groups in total. The molecule has 0 saturated heterocycles. The Morgan fingerprint density at radius 2 is 1.47 bits per heavy atom. The summed E-state index contributed by atoms with van der Waals surface area (Å²) in [5, 5.41) is 0. The lowest BCUT2D eigenvalue weighted by molar-refractivity contribution is -0.274. The molecule has 0 spiro atoms.